The molecule has 0 N–H and O–H groups in total. The molecule has 0 aliphatic rings. The van der Waals surface area contributed by atoms with E-state index in [0.717, 1.165) is 39.8 Å². The molecule has 2 heterocycles. The Morgan fingerprint density at radius 2 is 0.804 bits per heavy atom. The highest BCUT2D eigenvalue weighted by atomic mass is 32.1. The van der Waals surface area contributed by atoms with Crippen molar-refractivity contribution < 1.29 is 0 Å². The van der Waals surface area contributed by atoms with Gasteiger partial charge in [-0.2, -0.15) is 0 Å². The summed E-state index contributed by atoms with van der Waals surface area (Å²) in [5, 5.41) is 7.63. The molecule has 0 amide bonds. The lowest BCUT2D eigenvalue weighted by Gasteiger charge is -2.29. The molecule has 0 aliphatic carbocycles. The third-order valence-electron chi connectivity index (χ3n) is 10.9. The number of thiophene rings is 1. The smallest absolute Gasteiger partial charge is 0.0561 e. The van der Waals surface area contributed by atoms with Crippen LogP contribution in [0.15, 0.2) is 212 Å². The molecule has 56 heavy (non-hydrogen) atoms. The van der Waals surface area contributed by atoms with E-state index in [1.54, 1.807) is 0 Å². The number of nitrogens with zero attached hydrogens (tertiary/aromatic N) is 3. The lowest BCUT2D eigenvalue weighted by atomic mass is 10.1. The van der Waals surface area contributed by atoms with Gasteiger partial charge in [-0.15, -0.1) is 11.3 Å². The first-order valence-corrected chi connectivity index (χ1v) is 19.8. The number of hydrogen-bond acceptors (Lipinski definition) is 3. The van der Waals surface area contributed by atoms with Crippen LogP contribution in [0.4, 0.5) is 34.1 Å². The zero-order valence-electron chi connectivity index (χ0n) is 30.5. The molecule has 0 atom stereocenters. The van der Waals surface area contributed by atoms with Crippen molar-refractivity contribution in [1.82, 2.24) is 4.57 Å². The van der Waals surface area contributed by atoms with Gasteiger partial charge in [0, 0.05) is 70.8 Å². The Morgan fingerprint density at radius 1 is 0.304 bits per heavy atom. The maximum atomic E-state index is 2.39. The van der Waals surface area contributed by atoms with Crippen LogP contribution in [0, 0.1) is 0 Å². The molecule has 0 saturated heterocycles. The van der Waals surface area contributed by atoms with Crippen molar-refractivity contribution in [3.8, 4) is 5.69 Å². The highest BCUT2D eigenvalue weighted by Crippen LogP contribution is 2.44. The normalized spacial score (nSPS) is 11.6. The molecule has 0 aliphatic heterocycles. The molecule has 3 nitrogen and oxygen atoms in total. The van der Waals surface area contributed by atoms with Crippen LogP contribution in [0.25, 0.3) is 58.4 Å². The Kier molecular flexibility index (Phi) is 7.68. The topological polar surface area (TPSA) is 11.4 Å². The molecule has 0 radical (unpaired) electrons. The van der Waals surface area contributed by atoms with Crippen LogP contribution in [-0.4, -0.2) is 4.57 Å². The van der Waals surface area contributed by atoms with Crippen LogP contribution in [-0.2, 0) is 0 Å². The second-order valence-corrected chi connectivity index (χ2v) is 15.3. The minimum Gasteiger partial charge on any atom is -0.310 e. The Labute approximate surface area is 329 Å². The highest BCUT2D eigenvalue weighted by Gasteiger charge is 2.20. The van der Waals surface area contributed by atoms with Gasteiger partial charge in [0.25, 0.3) is 0 Å². The van der Waals surface area contributed by atoms with Gasteiger partial charge in [-0.1, -0.05) is 115 Å². The first kappa shape index (κ1) is 32.3. The maximum Gasteiger partial charge on any atom is 0.0561 e. The predicted octanol–water partition coefficient (Wildman–Crippen LogP) is 15.2. The van der Waals surface area contributed by atoms with Gasteiger partial charge in [-0.3, -0.25) is 0 Å². The van der Waals surface area contributed by atoms with Gasteiger partial charge in [0.05, 0.1) is 11.0 Å². The van der Waals surface area contributed by atoms with Gasteiger partial charge in [0.15, 0.2) is 0 Å². The Morgan fingerprint density at radius 3 is 1.50 bits per heavy atom. The van der Waals surface area contributed by atoms with E-state index in [1.165, 1.54) is 52.8 Å². The van der Waals surface area contributed by atoms with Crippen molar-refractivity contribution in [3.05, 3.63) is 212 Å². The van der Waals surface area contributed by atoms with Gasteiger partial charge in [-0.25, -0.2) is 0 Å². The molecule has 0 saturated carbocycles. The molecule has 0 bridgehead atoms. The SMILES string of the molecule is c1ccc(N(c2cccc(N(c3ccccc3)c3ccc4c5ccccc5n(-c5ccccc5)c4c3)c2)c2ccc3c(c2)sc2cc4ccccc4cc23)cc1. The van der Waals surface area contributed by atoms with Crippen LogP contribution in [0.2, 0.25) is 0 Å². The molecule has 2 aromatic heterocycles. The molecule has 264 valence electrons. The predicted molar refractivity (Wildman–Crippen MR) is 241 cm³/mol. The molecule has 4 heteroatoms. The zero-order valence-corrected chi connectivity index (χ0v) is 31.3. The van der Waals surface area contributed by atoms with E-state index < -0.39 is 0 Å². The van der Waals surface area contributed by atoms with E-state index in [9.17, 15) is 0 Å². The standard InChI is InChI=1S/C52H35N3S/c1-4-17-38(18-5-1)53(43-27-29-46-45-25-12-13-26-49(45)55(50(46)34-43)40-21-8-3-9-22-40)41-23-14-24-42(33-41)54(39-19-6-2-7-20-39)44-28-30-47-48-31-36-15-10-11-16-37(36)32-51(48)56-52(47)35-44/h1-35H. The minimum absolute atomic E-state index is 1.07. The summed E-state index contributed by atoms with van der Waals surface area (Å²) in [6, 6.07) is 76.9. The van der Waals surface area contributed by atoms with Crippen molar-refractivity contribution >= 4 is 98.2 Å². The highest BCUT2D eigenvalue weighted by molar-refractivity contribution is 7.25. The number of para-hydroxylation sites is 4. The third kappa shape index (κ3) is 5.42. The number of hydrogen-bond donors (Lipinski definition) is 0. The summed E-state index contributed by atoms with van der Waals surface area (Å²) < 4.78 is 4.97. The Hall–Kier alpha value is -7.14. The fourth-order valence-corrected chi connectivity index (χ4v) is 9.53. The van der Waals surface area contributed by atoms with E-state index in [2.05, 4.69) is 227 Å². The monoisotopic (exact) mass is 733 g/mol. The van der Waals surface area contributed by atoms with Gasteiger partial charge < -0.3 is 14.4 Å². The van der Waals surface area contributed by atoms with E-state index in [1.807, 2.05) is 11.3 Å². The lowest BCUT2D eigenvalue weighted by Crippen LogP contribution is -2.13. The molecule has 0 unspecified atom stereocenters. The van der Waals surface area contributed by atoms with Crippen LogP contribution < -0.4 is 9.80 Å². The molecular weight excluding hydrogens is 699 g/mol. The average Bonchev–Trinajstić information content (AvgIpc) is 3.78. The maximum absolute atomic E-state index is 2.39. The second-order valence-electron chi connectivity index (χ2n) is 14.2. The molecule has 11 rings (SSSR count). The van der Waals surface area contributed by atoms with Crippen molar-refractivity contribution in [2.45, 2.75) is 0 Å². The molecule has 9 aromatic carbocycles. The quantitative estimate of drug-likeness (QED) is 0.162. The number of aromatic nitrogens is 1. The molecule has 0 fully saturated rings. The first-order chi connectivity index (χ1) is 27.8. The summed E-state index contributed by atoms with van der Waals surface area (Å²) in [4.78, 5) is 4.75. The van der Waals surface area contributed by atoms with Crippen molar-refractivity contribution in [2.24, 2.45) is 0 Å². The summed E-state index contributed by atoms with van der Waals surface area (Å²) in [7, 11) is 0. The molecule has 11 aromatic rings. The summed E-state index contributed by atoms with van der Waals surface area (Å²) in [6.07, 6.45) is 0. The van der Waals surface area contributed by atoms with Crippen molar-refractivity contribution in [1.29, 1.82) is 0 Å². The number of rotatable bonds is 7. The van der Waals surface area contributed by atoms with Gasteiger partial charge in [0.1, 0.15) is 0 Å². The van der Waals surface area contributed by atoms with Crippen molar-refractivity contribution in [3.63, 3.8) is 0 Å². The van der Waals surface area contributed by atoms with Gasteiger partial charge in [-0.05, 0) is 108 Å². The summed E-state index contributed by atoms with van der Waals surface area (Å²) in [5.74, 6) is 0. The van der Waals surface area contributed by atoms with Gasteiger partial charge in [0.2, 0.25) is 0 Å². The molecule has 0 spiro atoms. The van der Waals surface area contributed by atoms with E-state index in [-0.39, 0.29) is 0 Å². The summed E-state index contributed by atoms with van der Waals surface area (Å²) >= 11 is 1.87. The Bertz CT molecular complexity index is 3200. The minimum atomic E-state index is 1.07. The number of fused-ring (bicyclic) bond motifs is 7. The van der Waals surface area contributed by atoms with Crippen LogP contribution in [0.5, 0.6) is 0 Å². The van der Waals surface area contributed by atoms with Crippen LogP contribution in [0.3, 0.4) is 0 Å². The zero-order chi connectivity index (χ0) is 37.0. The largest absolute Gasteiger partial charge is 0.310 e. The summed E-state index contributed by atoms with van der Waals surface area (Å²) in [6.45, 7) is 0. The fourth-order valence-electron chi connectivity index (χ4n) is 8.36. The van der Waals surface area contributed by atoms with E-state index in [0.29, 0.717) is 0 Å². The lowest BCUT2D eigenvalue weighted by molar-refractivity contribution is 1.18. The van der Waals surface area contributed by atoms with Crippen molar-refractivity contribution in [2.75, 3.05) is 9.80 Å². The van der Waals surface area contributed by atoms with Gasteiger partial charge >= 0.3 is 0 Å². The Balaban J connectivity index is 1.08. The number of anilines is 6. The van der Waals surface area contributed by atoms with E-state index in [4.69, 9.17) is 0 Å². The van der Waals surface area contributed by atoms with E-state index >= 15 is 0 Å². The average molecular weight is 734 g/mol. The fraction of sp³-hybridized carbons (Fsp3) is 0. The third-order valence-corrected chi connectivity index (χ3v) is 12.0. The van der Waals surface area contributed by atoms with Crippen LogP contribution >= 0.6 is 11.3 Å². The molecular formula is C52H35N3S. The second kappa shape index (κ2) is 13.3. The number of benzene rings is 9. The summed E-state index contributed by atoms with van der Waals surface area (Å²) in [5.41, 5.74) is 10.1. The first-order valence-electron chi connectivity index (χ1n) is 19.0. The van der Waals surface area contributed by atoms with Crippen LogP contribution in [0.1, 0.15) is 0 Å².